The smallest absolute Gasteiger partial charge is 0.221 e. The van der Waals surface area contributed by atoms with Gasteiger partial charge in [-0.05, 0) is 30.3 Å². The fourth-order valence-corrected chi connectivity index (χ4v) is 2.96. The summed E-state index contributed by atoms with van der Waals surface area (Å²) in [5, 5.41) is 11.0. The van der Waals surface area contributed by atoms with Gasteiger partial charge in [0.15, 0.2) is 16.6 Å². The molecule has 0 spiro atoms. The average molecular weight is 344 g/mol. The van der Waals surface area contributed by atoms with E-state index in [2.05, 4.69) is 15.5 Å². The second-order valence-electron chi connectivity index (χ2n) is 5.00. The second-order valence-corrected chi connectivity index (χ2v) is 5.94. The summed E-state index contributed by atoms with van der Waals surface area (Å²) < 4.78 is 15.8. The predicted octanol–water partition coefficient (Wildman–Crippen LogP) is 2.80. The maximum Gasteiger partial charge on any atom is 0.221 e. The number of amides is 1. The minimum atomic E-state index is -0.669. The average Bonchev–Trinajstić information content (AvgIpc) is 2.95. The van der Waals surface area contributed by atoms with Gasteiger partial charge in [0.25, 0.3) is 0 Å². The van der Waals surface area contributed by atoms with E-state index in [0.717, 1.165) is 6.07 Å². The van der Waals surface area contributed by atoms with Crippen LogP contribution in [-0.4, -0.2) is 32.0 Å². The minimum Gasteiger partial charge on any atom is -0.326 e. The van der Waals surface area contributed by atoms with Gasteiger partial charge in [-0.25, -0.2) is 4.39 Å². The van der Waals surface area contributed by atoms with Crippen LogP contribution in [0.3, 0.4) is 0 Å². The van der Waals surface area contributed by atoms with Gasteiger partial charge in [0.2, 0.25) is 5.91 Å². The summed E-state index contributed by atoms with van der Waals surface area (Å²) in [5.74, 6) is -1.30. The minimum absolute atomic E-state index is 0.0228. The van der Waals surface area contributed by atoms with Gasteiger partial charge >= 0.3 is 0 Å². The molecule has 24 heavy (non-hydrogen) atoms. The first-order valence-corrected chi connectivity index (χ1v) is 8.06. The Kier molecular flexibility index (Phi) is 4.57. The Labute approximate surface area is 141 Å². The Balaban J connectivity index is 1.72. The topological polar surface area (TPSA) is 76.4 Å². The van der Waals surface area contributed by atoms with Gasteiger partial charge < -0.3 is 5.32 Å². The first kappa shape index (κ1) is 16.1. The third-order valence-electron chi connectivity index (χ3n) is 3.20. The number of nitrogens with one attached hydrogen (secondary N) is 1. The summed E-state index contributed by atoms with van der Waals surface area (Å²) in [6.45, 7) is 1.33. The molecule has 0 fully saturated rings. The molecule has 0 bridgehead atoms. The van der Waals surface area contributed by atoms with Crippen LogP contribution in [-0.2, 0) is 4.79 Å². The quantitative estimate of drug-likeness (QED) is 0.569. The molecule has 8 heteroatoms. The lowest BCUT2D eigenvalue weighted by atomic mass is 10.1. The highest BCUT2D eigenvalue weighted by Gasteiger charge is 2.15. The Hall–Kier alpha value is -2.74. The van der Waals surface area contributed by atoms with Gasteiger partial charge in [-0.3, -0.25) is 14.0 Å². The molecule has 1 N–H and O–H groups in total. The molecule has 3 rings (SSSR count). The lowest BCUT2D eigenvalue weighted by Gasteiger charge is -2.06. The van der Waals surface area contributed by atoms with Crippen molar-refractivity contribution in [1.82, 2.24) is 14.6 Å². The third-order valence-corrected chi connectivity index (χ3v) is 4.15. The van der Waals surface area contributed by atoms with Crippen molar-refractivity contribution in [2.75, 3.05) is 11.1 Å². The number of nitrogens with zero attached hydrogens (tertiary/aromatic N) is 3. The summed E-state index contributed by atoms with van der Waals surface area (Å²) in [4.78, 5) is 23.2. The van der Waals surface area contributed by atoms with E-state index in [4.69, 9.17) is 0 Å². The molecule has 0 saturated heterocycles. The highest BCUT2D eigenvalue weighted by molar-refractivity contribution is 7.99. The maximum absolute atomic E-state index is 14.1. The van der Waals surface area contributed by atoms with E-state index in [9.17, 15) is 14.0 Å². The number of rotatable bonds is 5. The number of anilines is 1. The molecule has 0 unspecified atom stereocenters. The molecular weight excluding hydrogens is 331 g/mol. The number of benzene rings is 1. The number of thioether (sulfide) groups is 1. The van der Waals surface area contributed by atoms with Crippen LogP contribution in [0, 0.1) is 5.82 Å². The van der Waals surface area contributed by atoms with Crippen LogP contribution in [0.15, 0.2) is 47.8 Å². The lowest BCUT2D eigenvalue weighted by Crippen LogP contribution is -2.09. The molecule has 0 radical (unpaired) electrons. The molecule has 0 aliphatic heterocycles. The zero-order valence-electron chi connectivity index (χ0n) is 12.7. The predicted molar refractivity (Wildman–Crippen MR) is 88.7 cm³/mol. The Morgan fingerprint density at radius 2 is 2.08 bits per heavy atom. The monoisotopic (exact) mass is 344 g/mol. The number of halogens is 1. The van der Waals surface area contributed by atoms with Gasteiger partial charge in [-0.1, -0.05) is 17.8 Å². The molecule has 0 aliphatic rings. The summed E-state index contributed by atoms with van der Waals surface area (Å²) in [6, 6.07) is 9.48. The zero-order chi connectivity index (χ0) is 17.1. The highest BCUT2D eigenvalue weighted by Crippen LogP contribution is 2.21. The van der Waals surface area contributed by atoms with Crippen molar-refractivity contribution in [3.63, 3.8) is 0 Å². The fourth-order valence-electron chi connectivity index (χ4n) is 2.15. The number of ketones is 1. The molecule has 6 nitrogen and oxygen atoms in total. The zero-order valence-corrected chi connectivity index (χ0v) is 13.5. The maximum atomic E-state index is 14.1. The van der Waals surface area contributed by atoms with Crippen LogP contribution in [0.4, 0.5) is 10.1 Å². The van der Waals surface area contributed by atoms with E-state index < -0.39 is 5.82 Å². The Morgan fingerprint density at radius 1 is 1.25 bits per heavy atom. The lowest BCUT2D eigenvalue weighted by molar-refractivity contribution is -0.114. The summed E-state index contributed by atoms with van der Waals surface area (Å²) >= 11 is 1.19. The number of pyridine rings is 1. The van der Waals surface area contributed by atoms with Gasteiger partial charge in [-0.2, -0.15) is 0 Å². The van der Waals surface area contributed by atoms with E-state index in [1.165, 1.54) is 30.8 Å². The number of carbonyl (C=O) groups excluding carboxylic acids is 2. The number of aromatic nitrogens is 3. The Morgan fingerprint density at radius 3 is 2.83 bits per heavy atom. The van der Waals surface area contributed by atoms with Gasteiger partial charge in [0.1, 0.15) is 5.82 Å². The molecule has 2 heterocycles. The van der Waals surface area contributed by atoms with Crippen molar-refractivity contribution in [1.29, 1.82) is 0 Å². The molecule has 0 atom stereocenters. The van der Waals surface area contributed by atoms with Crippen LogP contribution < -0.4 is 5.32 Å². The van der Waals surface area contributed by atoms with Gasteiger partial charge in [0.05, 0.1) is 11.3 Å². The summed E-state index contributed by atoms with van der Waals surface area (Å²) in [5.41, 5.74) is 0.969. The molecule has 122 valence electrons. The largest absolute Gasteiger partial charge is 0.326 e. The first-order chi connectivity index (χ1) is 11.5. The molecule has 3 aromatic rings. The Bertz CT molecular complexity index is 925. The summed E-state index contributed by atoms with van der Waals surface area (Å²) in [6.07, 6.45) is 1.80. The highest BCUT2D eigenvalue weighted by atomic mass is 32.2. The molecule has 1 amide bonds. The van der Waals surface area contributed by atoms with E-state index >= 15 is 0 Å². The van der Waals surface area contributed by atoms with E-state index in [1.54, 1.807) is 16.7 Å². The SMILES string of the molecule is CC(=O)Nc1ccc(C(=O)CSc2nnc3ccccn23)c(F)c1. The number of carbonyl (C=O) groups is 2. The molecule has 2 aromatic heterocycles. The van der Waals surface area contributed by atoms with Gasteiger partial charge in [-0.15, -0.1) is 10.2 Å². The molecule has 0 saturated carbocycles. The number of hydrogen-bond acceptors (Lipinski definition) is 5. The standard InChI is InChI=1S/C16H13FN4O2S/c1-10(22)18-11-5-6-12(13(17)8-11)14(23)9-24-16-20-19-15-4-2-3-7-21(15)16/h2-8H,9H2,1H3,(H,18,22). The van der Waals surface area contributed by atoms with Crippen molar-refractivity contribution in [3.05, 3.63) is 54.0 Å². The summed E-state index contributed by atoms with van der Waals surface area (Å²) in [7, 11) is 0. The molecule has 0 aliphatic carbocycles. The fraction of sp³-hybridized carbons (Fsp3) is 0.125. The number of fused-ring (bicyclic) bond motifs is 1. The van der Waals surface area contributed by atoms with E-state index in [0.29, 0.717) is 16.5 Å². The molecule has 1 aromatic carbocycles. The second kappa shape index (κ2) is 6.79. The van der Waals surface area contributed by atoms with Crippen LogP contribution in [0.25, 0.3) is 5.65 Å². The van der Waals surface area contributed by atoms with Crippen molar-refractivity contribution in [3.8, 4) is 0 Å². The van der Waals surface area contributed by atoms with Crippen LogP contribution >= 0.6 is 11.8 Å². The van der Waals surface area contributed by atoms with E-state index in [-0.39, 0.29) is 23.0 Å². The molecular formula is C16H13FN4O2S. The van der Waals surface area contributed by atoms with E-state index in [1.807, 2.05) is 12.1 Å². The van der Waals surface area contributed by atoms with Crippen molar-refractivity contribution >= 4 is 34.8 Å². The van der Waals surface area contributed by atoms with Crippen LogP contribution in [0.2, 0.25) is 0 Å². The van der Waals surface area contributed by atoms with Crippen LogP contribution in [0.1, 0.15) is 17.3 Å². The van der Waals surface area contributed by atoms with Gasteiger partial charge in [0, 0.05) is 18.8 Å². The van der Waals surface area contributed by atoms with Crippen molar-refractivity contribution in [2.45, 2.75) is 12.1 Å². The van der Waals surface area contributed by atoms with Crippen molar-refractivity contribution < 1.29 is 14.0 Å². The van der Waals surface area contributed by atoms with Crippen molar-refractivity contribution in [2.24, 2.45) is 0 Å². The number of hydrogen-bond donors (Lipinski definition) is 1. The first-order valence-electron chi connectivity index (χ1n) is 7.07. The third kappa shape index (κ3) is 3.43. The normalized spacial score (nSPS) is 10.8. The van der Waals surface area contributed by atoms with Crippen LogP contribution in [0.5, 0.6) is 0 Å². The number of Topliss-reactive ketones (excluding diaryl/α,β-unsaturated/α-hetero) is 1.